The zero-order valence-electron chi connectivity index (χ0n) is 9.49. The van der Waals surface area contributed by atoms with Crippen molar-refractivity contribution in [2.24, 2.45) is 0 Å². The van der Waals surface area contributed by atoms with E-state index >= 15 is 0 Å². The molecule has 0 aliphatic heterocycles. The van der Waals surface area contributed by atoms with Crippen molar-refractivity contribution in [3.05, 3.63) is 35.8 Å². The molecule has 2 N–H and O–H groups in total. The summed E-state index contributed by atoms with van der Waals surface area (Å²) in [4.78, 5) is 15.8. The van der Waals surface area contributed by atoms with Crippen LogP contribution in [0.2, 0.25) is 0 Å². The van der Waals surface area contributed by atoms with Crippen molar-refractivity contribution < 1.29 is 0 Å². The van der Waals surface area contributed by atoms with Crippen LogP contribution in [-0.4, -0.2) is 26.5 Å². The van der Waals surface area contributed by atoms with Crippen LogP contribution in [0.3, 0.4) is 0 Å². The Labute approximate surface area is 94.4 Å². The van der Waals surface area contributed by atoms with Crippen LogP contribution >= 0.6 is 0 Å². The number of rotatable bonds is 4. The van der Waals surface area contributed by atoms with Crippen LogP contribution in [0.15, 0.2) is 18.6 Å². The second-order valence-corrected chi connectivity index (χ2v) is 3.64. The van der Waals surface area contributed by atoms with Gasteiger partial charge in [0, 0.05) is 25.4 Å². The molecule has 0 saturated carbocycles. The van der Waals surface area contributed by atoms with Crippen molar-refractivity contribution in [3.63, 3.8) is 0 Å². The molecule has 0 aromatic carbocycles. The van der Waals surface area contributed by atoms with E-state index in [0.717, 1.165) is 36.0 Å². The summed E-state index contributed by atoms with van der Waals surface area (Å²) in [7, 11) is 0. The standard InChI is InChI=1S/C11H15N5/c1-8-9(2)16-11(7-15-8)12-4-3-10-13-5-6-14-10/h5-7H,3-4H2,1-2H3,(H,12,16)(H,13,14). The van der Waals surface area contributed by atoms with Crippen LogP contribution in [-0.2, 0) is 6.42 Å². The molecule has 5 nitrogen and oxygen atoms in total. The van der Waals surface area contributed by atoms with Gasteiger partial charge in [-0.3, -0.25) is 4.98 Å². The summed E-state index contributed by atoms with van der Waals surface area (Å²) < 4.78 is 0. The first-order chi connectivity index (χ1) is 7.75. The van der Waals surface area contributed by atoms with E-state index in [1.165, 1.54) is 0 Å². The number of nitrogens with one attached hydrogen (secondary N) is 2. The average molecular weight is 217 g/mol. The van der Waals surface area contributed by atoms with Crippen molar-refractivity contribution in [1.82, 2.24) is 19.9 Å². The van der Waals surface area contributed by atoms with E-state index in [0.29, 0.717) is 0 Å². The zero-order chi connectivity index (χ0) is 11.4. The first kappa shape index (κ1) is 10.6. The van der Waals surface area contributed by atoms with Gasteiger partial charge in [-0.1, -0.05) is 0 Å². The Balaban J connectivity index is 1.87. The van der Waals surface area contributed by atoms with Gasteiger partial charge in [0.05, 0.1) is 17.6 Å². The van der Waals surface area contributed by atoms with E-state index in [2.05, 4.69) is 25.3 Å². The van der Waals surface area contributed by atoms with Gasteiger partial charge in [-0.25, -0.2) is 9.97 Å². The van der Waals surface area contributed by atoms with Crippen LogP contribution in [0, 0.1) is 13.8 Å². The molecule has 2 rings (SSSR count). The van der Waals surface area contributed by atoms with Crippen LogP contribution < -0.4 is 5.32 Å². The number of nitrogens with zero attached hydrogens (tertiary/aromatic N) is 3. The lowest BCUT2D eigenvalue weighted by molar-refractivity contribution is 0.914. The van der Waals surface area contributed by atoms with E-state index in [1.807, 2.05) is 20.0 Å². The largest absolute Gasteiger partial charge is 0.368 e. The highest BCUT2D eigenvalue weighted by Crippen LogP contribution is 2.05. The predicted molar refractivity (Wildman–Crippen MR) is 62.3 cm³/mol. The molecule has 0 aliphatic rings. The SMILES string of the molecule is Cc1ncc(NCCc2ncc[nH]2)nc1C. The van der Waals surface area contributed by atoms with Gasteiger partial charge >= 0.3 is 0 Å². The molecule has 0 radical (unpaired) electrons. The topological polar surface area (TPSA) is 66.5 Å². The lowest BCUT2D eigenvalue weighted by Crippen LogP contribution is -2.08. The minimum absolute atomic E-state index is 0.796. The molecule has 0 bridgehead atoms. The summed E-state index contributed by atoms with van der Waals surface area (Å²) in [6.45, 7) is 4.71. The second kappa shape index (κ2) is 4.74. The maximum atomic E-state index is 4.39. The van der Waals surface area contributed by atoms with Crippen molar-refractivity contribution in [1.29, 1.82) is 0 Å². The molecule has 0 amide bonds. The fourth-order valence-electron chi connectivity index (χ4n) is 1.37. The summed E-state index contributed by atoms with van der Waals surface area (Å²) >= 11 is 0. The predicted octanol–water partition coefficient (Wildman–Crippen LogP) is 1.47. The fraction of sp³-hybridized carbons (Fsp3) is 0.364. The molecule has 0 saturated heterocycles. The summed E-state index contributed by atoms with van der Waals surface area (Å²) in [6.07, 6.45) is 6.18. The van der Waals surface area contributed by atoms with Crippen molar-refractivity contribution >= 4 is 5.82 Å². The number of aryl methyl sites for hydroxylation is 2. The molecule has 2 aromatic rings. The van der Waals surface area contributed by atoms with Crippen molar-refractivity contribution in [3.8, 4) is 0 Å². The minimum atomic E-state index is 0.796. The number of anilines is 1. The van der Waals surface area contributed by atoms with Gasteiger partial charge in [0.25, 0.3) is 0 Å². The molecule has 2 heterocycles. The van der Waals surface area contributed by atoms with Crippen LogP contribution in [0.1, 0.15) is 17.2 Å². The van der Waals surface area contributed by atoms with Crippen LogP contribution in [0.5, 0.6) is 0 Å². The van der Waals surface area contributed by atoms with Gasteiger partial charge in [-0.15, -0.1) is 0 Å². The van der Waals surface area contributed by atoms with E-state index in [9.17, 15) is 0 Å². The monoisotopic (exact) mass is 217 g/mol. The second-order valence-electron chi connectivity index (χ2n) is 3.64. The van der Waals surface area contributed by atoms with Crippen molar-refractivity contribution in [2.45, 2.75) is 20.3 Å². The average Bonchev–Trinajstić information content (AvgIpc) is 2.76. The molecule has 5 heteroatoms. The number of aromatic nitrogens is 4. The number of hydrogen-bond acceptors (Lipinski definition) is 4. The molecular formula is C11H15N5. The molecule has 0 spiro atoms. The quantitative estimate of drug-likeness (QED) is 0.814. The summed E-state index contributed by atoms with van der Waals surface area (Å²) in [5, 5.41) is 3.22. The Morgan fingerprint density at radius 3 is 2.81 bits per heavy atom. The first-order valence-corrected chi connectivity index (χ1v) is 5.28. The van der Waals surface area contributed by atoms with Crippen LogP contribution in [0.4, 0.5) is 5.82 Å². The van der Waals surface area contributed by atoms with E-state index < -0.39 is 0 Å². The highest BCUT2D eigenvalue weighted by atomic mass is 15.0. The number of aromatic amines is 1. The number of imidazole rings is 1. The lowest BCUT2D eigenvalue weighted by Gasteiger charge is -2.05. The maximum absolute atomic E-state index is 4.39. The molecule has 0 aliphatic carbocycles. The molecule has 84 valence electrons. The summed E-state index contributed by atoms with van der Waals surface area (Å²) in [5.41, 5.74) is 1.93. The highest BCUT2D eigenvalue weighted by Gasteiger charge is 1.99. The molecule has 0 unspecified atom stereocenters. The van der Waals surface area contributed by atoms with E-state index in [1.54, 1.807) is 12.4 Å². The summed E-state index contributed by atoms with van der Waals surface area (Å²) in [5.74, 6) is 1.79. The third kappa shape index (κ3) is 2.56. The Morgan fingerprint density at radius 2 is 2.12 bits per heavy atom. The number of H-pyrrole nitrogens is 1. The van der Waals surface area contributed by atoms with Gasteiger partial charge in [0.2, 0.25) is 0 Å². The van der Waals surface area contributed by atoms with Crippen molar-refractivity contribution in [2.75, 3.05) is 11.9 Å². The van der Waals surface area contributed by atoms with E-state index in [-0.39, 0.29) is 0 Å². The molecule has 16 heavy (non-hydrogen) atoms. The Bertz CT molecular complexity index is 449. The van der Waals surface area contributed by atoms with Gasteiger partial charge in [0.15, 0.2) is 0 Å². The Morgan fingerprint density at radius 1 is 1.25 bits per heavy atom. The number of hydrogen-bond donors (Lipinski definition) is 2. The van der Waals surface area contributed by atoms with Gasteiger partial charge in [-0.05, 0) is 13.8 Å². The Hall–Kier alpha value is -1.91. The fourth-order valence-corrected chi connectivity index (χ4v) is 1.37. The first-order valence-electron chi connectivity index (χ1n) is 5.28. The van der Waals surface area contributed by atoms with E-state index in [4.69, 9.17) is 0 Å². The van der Waals surface area contributed by atoms with Gasteiger partial charge in [-0.2, -0.15) is 0 Å². The third-order valence-electron chi connectivity index (χ3n) is 2.42. The van der Waals surface area contributed by atoms with Crippen LogP contribution in [0.25, 0.3) is 0 Å². The molecule has 0 fully saturated rings. The molecular weight excluding hydrogens is 202 g/mol. The lowest BCUT2D eigenvalue weighted by atomic mass is 10.3. The minimum Gasteiger partial charge on any atom is -0.368 e. The zero-order valence-corrected chi connectivity index (χ0v) is 9.49. The third-order valence-corrected chi connectivity index (χ3v) is 2.42. The van der Waals surface area contributed by atoms with Gasteiger partial charge < -0.3 is 10.3 Å². The molecule has 0 atom stereocenters. The summed E-state index contributed by atoms with van der Waals surface area (Å²) in [6, 6.07) is 0. The molecule has 2 aromatic heterocycles. The normalized spacial score (nSPS) is 10.4. The Kier molecular flexibility index (Phi) is 3.14. The smallest absolute Gasteiger partial charge is 0.144 e. The highest BCUT2D eigenvalue weighted by molar-refractivity contribution is 5.33. The van der Waals surface area contributed by atoms with Gasteiger partial charge in [0.1, 0.15) is 11.6 Å². The maximum Gasteiger partial charge on any atom is 0.144 e.